The van der Waals surface area contributed by atoms with Gasteiger partial charge in [0.1, 0.15) is 0 Å². The number of anilines is 2. The van der Waals surface area contributed by atoms with Crippen LogP contribution in [0.2, 0.25) is 0 Å². The normalized spacial score (nSPS) is 22.7. The molecule has 7 atom stereocenters. The molecule has 0 radical (unpaired) electrons. The fraction of sp³-hybridized carbons (Fsp3) is 0.789. The van der Waals surface area contributed by atoms with Crippen LogP contribution in [0.4, 0.5) is 31.1 Å². The molecule has 6 amide bonds. The lowest BCUT2D eigenvalue weighted by Crippen LogP contribution is -2.51. The number of aromatic amines is 2. The summed E-state index contributed by atoms with van der Waals surface area (Å²) in [6.45, 7) is 34.3. The van der Waals surface area contributed by atoms with E-state index in [1.807, 2.05) is 7.05 Å². The number of aryl methyl sites for hydroxylation is 2. The van der Waals surface area contributed by atoms with Gasteiger partial charge in [0, 0.05) is 55.7 Å². The van der Waals surface area contributed by atoms with Gasteiger partial charge in [0.15, 0.2) is 0 Å². The van der Waals surface area contributed by atoms with Crippen LogP contribution in [0.25, 0.3) is 0 Å². The summed E-state index contributed by atoms with van der Waals surface area (Å²) in [5.41, 5.74) is -0.233. The summed E-state index contributed by atoms with van der Waals surface area (Å²) in [7, 11) is 1.83. The van der Waals surface area contributed by atoms with Crippen molar-refractivity contribution in [3.63, 3.8) is 0 Å². The Bertz CT molecular complexity index is 2350. The van der Waals surface area contributed by atoms with Crippen molar-refractivity contribution in [3.05, 3.63) is 44.2 Å². The molecule has 2 heterocycles. The number of carbonyl (C=O) groups is 4. The van der Waals surface area contributed by atoms with Crippen LogP contribution < -0.4 is 37.7 Å². The molecule has 2 aliphatic rings. The number of rotatable bonds is 24. The number of hydrogen-bond donors (Lipinski definition) is 7. The zero-order chi connectivity index (χ0) is 56.2. The number of ether oxygens (including phenoxy) is 2. The average molecular weight is 1050 g/mol. The largest absolute Gasteiger partial charge is 0.450 e. The predicted molar refractivity (Wildman–Crippen MR) is 298 cm³/mol. The summed E-state index contributed by atoms with van der Waals surface area (Å²) in [6.07, 6.45) is 11.8. The number of alkyl carbamates (subject to hydrolysis) is 1. The van der Waals surface area contributed by atoms with Gasteiger partial charge in [-0.2, -0.15) is 9.97 Å². The maximum Gasteiger partial charge on any atom is 0.409 e. The van der Waals surface area contributed by atoms with E-state index in [0.717, 1.165) is 77.0 Å². The molecule has 0 aliphatic heterocycles. The Morgan fingerprint density at radius 1 is 0.693 bits per heavy atom. The van der Waals surface area contributed by atoms with Crippen LogP contribution in [0.3, 0.4) is 0 Å². The van der Waals surface area contributed by atoms with Gasteiger partial charge in [-0.3, -0.25) is 20.2 Å². The summed E-state index contributed by atoms with van der Waals surface area (Å²) >= 11 is 0. The first-order valence-corrected chi connectivity index (χ1v) is 27.8. The van der Waals surface area contributed by atoms with Gasteiger partial charge in [-0.15, -0.1) is 0 Å². The van der Waals surface area contributed by atoms with Gasteiger partial charge in [0.2, 0.25) is 11.9 Å². The van der Waals surface area contributed by atoms with E-state index in [9.17, 15) is 28.8 Å². The molecule has 2 fully saturated rings. The molecule has 424 valence electrons. The second kappa shape index (κ2) is 26.3. The zero-order valence-electron chi connectivity index (χ0n) is 48.9. The van der Waals surface area contributed by atoms with Crippen molar-refractivity contribution in [2.75, 3.05) is 44.0 Å². The van der Waals surface area contributed by atoms with Gasteiger partial charge in [-0.25, -0.2) is 19.2 Å². The smallest absolute Gasteiger partial charge is 0.409 e. The number of nitrogens with zero attached hydrogens (tertiary/aromatic N) is 3. The SMILES string of the molecule is CCC(CCOC(=O)N(C)C1CC(C)(C)CC(C)(CNC(=O)Nc2nc(=O)cc(C)[nH]2)C1)CC(C)(C)CC(CC)C(C)(C)CC(CC)CCOC(=O)NC1CC(C)(C)CC(C)(CNC(=O)Nc2nc(=O)cc(C)[nH]2)C1. The highest BCUT2D eigenvalue weighted by molar-refractivity contribution is 5.87. The van der Waals surface area contributed by atoms with Crippen molar-refractivity contribution in [1.29, 1.82) is 0 Å². The minimum Gasteiger partial charge on any atom is -0.450 e. The zero-order valence-corrected chi connectivity index (χ0v) is 48.9. The van der Waals surface area contributed by atoms with E-state index in [4.69, 9.17) is 9.47 Å². The lowest BCUT2D eigenvalue weighted by atomic mass is 9.62. The molecule has 0 bridgehead atoms. The lowest BCUT2D eigenvalue weighted by Gasteiger charge is -2.48. The fourth-order valence-electron chi connectivity index (χ4n) is 13.4. The van der Waals surface area contributed by atoms with E-state index in [1.54, 1.807) is 18.7 Å². The number of aromatic nitrogens is 4. The number of hydrogen-bond acceptors (Lipinski definition) is 10. The molecule has 18 heteroatoms. The third-order valence-electron chi connectivity index (χ3n) is 16.3. The van der Waals surface area contributed by atoms with Gasteiger partial charge in [0.05, 0.1) is 13.2 Å². The molecule has 2 saturated carbocycles. The number of carbonyl (C=O) groups excluding carboxylic acids is 4. The van der Waals surface area contributed by atoms with Crippen molar-refractivity contribution in [2.24, 2.45) is 50.2 Å². The summed E-state index contributed by atoms with van der Waals surface area (Å²) in [5, 5.41) is 14.3. The maximum absolute atomic E-state index is 13.6. The molecule has 2 aliphatic carbocycles. The van der Waals surface area contributed by atoms with Crippen molar-refractivity contribution in [2.45, 2.75) is 206 Å². The molecule has 0 saturated heterocycles. The van der Waals surface area contributed by atoms with Crippen molar-refractivity contribution in [3.8, 4) is 0 Å². The van der Waals surface area contributed by atoms with E-state index in [-0.39, 0.29) is 62.6 Å². The first kappa shape index (κ1) is 62.4. The highest BCUT2D eigenvalue weighted by Gasteiger charge is 2.45. The molecule has 7 N–H and O–H groups in total. The standard InChI is InChI=1S/C57H98N10O8/c1-17-39(21-23-75-51(73)67(16)43-31-54(10,11)34-57(15,32-43)36-59-49(71)66-47-61-38(5)25-45(69)64-47)26-52(6,7)28-41(19-3)55(12,13)27-40(18-2)20-22-74-50(72)62-42-29-53(8,9)33-56(14,30-42)35-58-48(70)65-46-60-37(4)24-44(68)63-46/h24-25,39-43H,17-23,26-36H2,1-16H3,(H,62,72)(H3,58,60,63,65,68,70)(H3,59,61,64,66,69,71). The summed E-state index contributed by atoms with van der Waals surface area (Å²) < 4.78 is 11.8. The molecule has 0 spiro atoms. The Balaban J connectivity index is 1.21. The minimum atomic E-state index is -0.455. The Hall–Kier alpha value is -5.16. The first-order chi connectivity index (χ1) is 34.7. The van der Waals surface area contributed by atoms with Gasteiger partial charge in [-0.05, 0) is 135 Å². The number of nitrogens with one attached hydrogen (secondary N) is 7. The molecule has 4 rings (SSSR count). The fourth-order valence-corrected chi connectivity index (χ4v) is 13.4. The van der Waals surface area contributed by atoms with E-state index in [2.05, 4.69) is 137 Å². The number of amides is 6. The van der Waals surface area contributed by atoms with E-state index >= 15 is 0 Å². The van der Waals surface area contributed by atoms with Crippen molar-refractivity contribution in [1.82, 2.24) is 40.8 Å². The van der Waals surface area contributed by atoms with Gasteiger partial charge in [-0.1, -0.05) is 109 Å². The van der Waals surface area contributed by atoms with Crippen molar-refractivity contribution >= 4 is 36.1 Å². The van der Waals surface area contributed by atoms with Gasteiger partial charge >= 0.3 is 24.2 Å². The Morgan fingerprint density at radius 2 is 1.17 bits per heavy atom. The molecule has 2 aromatic heterocycles. The number of urea groups is 2. The highest BCUT2D eigenvalue weighted by Crippen LogP contribution is 2.49. The minimum absolute atomic E-state index is 0.0592. The third kappa shape index (κ3) is 20.7. The van der Waals surface area contributed by atoms with Crippen LogP contribution in [0, 0.1) is 64.1 Å². The van der Waals surface area contributed by atoms with Crippen LogP contribution in [-0.4, -0.2) is 94.5 Å². The van der Waals surface area contributed by atoms with Crippen molar-refractivity contribution < 1.29 is 28.7 Å². The Morgan fingerprint density at radius 3 is 1.67 bits per heavy atom. The predicted octanol–water partition coefficient (Wildman–Crippen LogP) is 11.5. The van der Waals surface area contributed by atoms with Crippen LogP contribution in [0.1, 0.15) is 191 Å². The third-order valence-corrected chi connectivity index (χ3v) is 16.3. The summed E-state index contributed by atoms with van der Waals surface area (Å²) in [5.74, 6) is 1.48. The van der Waals surface area contributed by atoms with Crippen LogP contribution >= 0.6 is 0 Å². The molecule has 18 nitrogen and oxygen atoms in total. The van der Waals surface area contributed by atoms with Crippen LogP contribution in [0.15, 0.2) is 21.7 Å². The topological polar surface area (TPSA) is 242 Å². The molecule has 75 heavy (non-hydrogen) atoms. The molecular weight excluding hydrogens is 953 g/mol. The summed E-state index contributed by atoms with van der Waals surface area (Å²) in [4.78, 5) is 91.3. The maximum atomic E-state index is 13.6. The van der Waals surface area contributed by atoms with Gasteiger partial charge in [0.25, 0.3) is 11.1 Å². The van der Waals surface area contributed by atoms with E-state index in [0.29, 0.717) is 68.3 Å². The second-order valence-electron chi connectivity index (χ2n) is 26.6. The molecule has 7 unspecified atom stereocenters. The first-order valence-electron chi connectivity index (χ1n) is 27.8. The summed E-state index contributed by atoms with van der Waals surface area (Å²) in [6, 6.07) is 1.65. The molecule has 0 aromatic carbocycles. The average Bonchev–Trinajstić information content (AvgIpc) is 3.26. The monoisotopic (exact) mass is 1050 g/mol. The van der Waals surface area contributed by atoms with E-state index < -0.39 is 29.3 Å². The quantitative estimate of drug-likeness (QED) is 0.0524. The molecular formula is C57H98N10O8. The van der Waals surface area contributed by atoms with Crippen LogP contribution in [0.5, 0.6) is 0 Å². The second-order valence-corrected chi connectivity index (χ2v) is 26.6. The van der Waals surface area contributed by atoms with E-state index in [1.165, 1.54) is 12.1 Å². The Labute approximate surface area is 448 Å². The number of H-pyrrole nitrogens is 2. The van der Waals surface area contributed by atoms with Gasteiger partial charge < -0.3 is 40.3 Å². The highest BCUT2D eigenvalue weighted by atomic mass is 16.6. The van der Waals surface area contributed by atoms with Crippen LogP contribution in [-0.2, 0) is 9.47 Å². The Kier molecular flexibility index (Phi) is 21.8. The molecule has 2 aromatic rings. The lowest BCUT2D eigenvalue weighted by molar-refractivity contribution is 0.0190.